The van der Waals surface area contributed by atoms with E-state index in [0.717, 1.165) is 42.8 Å². The van der Waals surface area contributed by atoms with Gasteiger partial charge in [0, 0.05) is 32.2 Å². The summed E-state index contributed by atoms with van der Waals surface area (Å²) in [6, 6.07) is 14.6. The van der Waals surface area contributed by atoms with Gasteiger partial charge in [-0.05, 0) is 36.1 Å². The van der Waals surface area contributed by atoms with Gasteiger partial charge in [-0.1, -0.05) is 42.5 Å². The highest BCUT2D eigenvalue weighted by Crippen LogP contribution is 2.21. The zero-order chi connectivity index (χ0) is 19.5. The van der Waals surface area contributed by atoms with Crippen LogP contribution in [0.15, 0.2) is 48.7 Å². The Morgan fingerprint density at radius 2 is 2.07 bits per heavy atom. The van der Waals surface area contributed by atoms with Crippen molar-refractivity contribution in [1.29, 1.82) is 0 Å². The topological polar surface area (TPSA) is 76.2 Å². The molecule has 6 nitrogen and oxygen atoms in total. The van der Waals surface area contributed by atoms with Crippen molar-refractivity contribution in [1.82, 2.24) is 14.9 Å². The predicted octanol–water partition coefficient (Wildman–Crippen LogP) is 2.91. The molecule has 6 heteroatoms. The van der Waals surface area contributed by atoms with Gasteiger partial charge in [-0.2, -0.15) is 0 Å². The van der Waals surface area contributed by atoms with Crippen molar-refractivity contribution in [3.8, 4) is 0 Å². The second-order valence-electron chi connectivity index (χ2n) is 7.36. The van der Waals surface area contributed by atoms with Crippen LogP contribution in [0.5, 0.6) is 0 Å². The third-order valence-corrected chi connectivity index (χ3v) is 5.44. The number of hydrogen-bond acceptors (Lipinski definition) is 4. The number of nitrogens with zero attached hydrogens (tertiary/aromatic N) is 3. The normalized spacial score (nSPS) is 17.1. The molecule has 0 saturated carbocycles. The van der Waals surface area contributed by atoms with Crippen LogP contribution in [0, 0.1) is 0 Å². The minimum absolute atomic E-state index is 0.102. The van der Waals surface area contributed by atoms with Crippen molar-refractivity contribution < 1.29 is 4.79 Å². The summed E-state index contributed by atoms with van der Waals surface area (Å²) in [6.45, 7) is 4.93. The molecule has 4 rings (SSSR count). The molecule has 28 heavy (non-hydrogen) atoms. The number of carbonyl (C=O) groups is 1. The fourth-order valence-electron chi connectivity index (χ4n) is 4.02. The summed E-state index contributed by atoms with van der Waals surface area (Å²) >= 11 is 0. The number of imidazole rings is 1. The number of nitrogens with one attached hydrogen (secondary N) is 1. The van der Waals surface area contributed by atoms with E-state index in [9.17, 15) is 4.79 Å². The van der Waals surface area contributed by atoms with Gasteiger partial charge in [0.2, 0.25) is 5.95 Å². The molecule has 0 radical (unpaired) electrons. The Balaban J connectivity index is 1.52. The van der Waals surface area contributed by atoms with Crippen LogP contribution in [-0.2, 0) is 13.1 Å². The Morgan fingerprint density at radius 3 is 2.89 bits per heavy atom. The number of amides is 1. The van der Waals surface area contributed by atoms with Crippen molar-refractivity contribution >= 4 is 22.6 Å². The molecule has 1 fully saturated rings. The van der Waals surface area contributed by atoms with E-state index in [-0.39, 0.29) is 11.9 Å². The molecule has 3 aromatic rings. The van der Waals surface area contributed by atoms with E-state index >= 15 is 0 Å². The highest BCUT2D eigenvalue weighted by Gasteiger charge is 2.23. The summed E-state index contributed by atoms with van der Waals surface area (Å²) in [7, 11) is 0. The minimum atomic E-state index is -0.102. The lowest BCUT2D eigenvalue weighted by Gasteiger charge is -2.32. The van der Waals surface area contributed by atoms with Crippen LogP contribution in [0.4, 0.5) is 5.95 Å². The van der Waals surface area contributed by atoms with E-state index in [2.05, 4.69) is 39.5 Å². The van der Waals surface area contributed by atoms with Gasteiger partial charge < -0.3 is 20.5 Å². The largest absolute Gasteiger partial charge is 0.347 e. The summed E-state index contributed by atoms with van der Waals surface area (Å²) in [5.74, 6) is 0.739. The molecular weight excluding hydrogens is 350 g/mol. The van der Waals surface area contributed by atoms with Crippen LogP contribution in [0.1, 0.15) is 35.8 Å². The number of aromatic nitrogens is 2. The molecule has 1 saturated heterocycles. The van der Waals surface area contributed by atoms with E-state index in [1.165, 1.54) is 5.39 Å². The number of carbonyl (C=O) groups excluding carboxylic acids is 1. The Kier molecular flexibility index (Phi) is 5.30. The SMILES string of the molecule is CCn1c(C(=O)NCc2cccc3ccccc23)cnc1N1CCCC(N)C1. The van der Waals surface area contributed by atoms with Crippen LogP contribution in [0.25, 0.3) is 10.8 Å². The molecule has 3 N–H and O–H groups in total. The Morgan fingerprint density at radius 1 is 1.25 bits per heavy atom. The highest BCUT2D eigenvalue weighted by molar-refractivity contribution is 5.93. The molecule has 146 valence electrons. The number of rotatable bonds is 5. The van der Waals surface area contributed by atoms with Crippen molar-refractivity contribution in [2.24, 2.45) is 5.73 Å². The Labute approximate surface area is 165 Å². The van der Waals surface area contributed by atoms with Gasteiger partial charge in [0.25, 0.3) is 5.91 Å². The first-order valence-corrected chi connectivity index (χ1v) is 9.98. The molecule has 1 aromatic heterocycles. The van der Waals surface area contributed by atoms with Gasteiger partial charge >= 0.3 is 0 Å². The number of nitrogens with two attached hydrogens (primary N) is 1. The second kappa shape index (κ2) is 8.02. The van der Waals surface area contributed by atoms with Crippen molar-refractivity contribution in [2.75, 3.05) is 18.0 Å². The van der Waals surface area contributed by atoms with Crippen molar-refractivity contribution in [3.05, 3.63) is 59.9 Å². The zero-order valence-corrected chi connectivity index (χ0v) is 16.3. The molecule has 1 aliphatic heterocycles. The third kappa shape index (κ3) is 3.60. The number of hydrogen-bond donors (Lipinski definition) is 2. The van der Waals surface area contributed by atoms with E-state index in [4.69, 9.17) is 5.73 Å². The molecule has 0 bridgehead atoms. The smallest absolute Gasteiger partial charge is 0.269 e. The maximum atomic E-state index is 12.9. The van der Waals surface area contributed by atoms with Gasteiger partial charge in [0.05, 0.1) is 6.20 Å². The van der Waals surface area contributed by atoms with Gasteiger partial charge in [0.1, 0.15) is 5.69 Å². The number of fused-ring (bicyclic) bond motifs is 1. The molecule has 1 amide bonds. The Bertz CT molecular complexity index is 975. The summed E-state index contributed by atoms with van der Waals surface area (Å²) in [4.78, 5) is 19.6. The van der Waals surface area contributed by atoms with Crippen LogP contribution in [0.2, 0.25) is 0 Å². The fourth-order valence-corrected chi connectivity index (χ4v) is 4.02. The van der Waals surface area contributed by atoms with E-state index in [1.807, 2.05) is 29.7 Å². The van der Waals surface area contributed by atoms with Crippen molar-refractivity contribution in [2.45, 2.75) is 38.9 Å². The number of anilines is 1. The maximum Gasteiger partial charge on any atom is 0.269 e. The molecule has 0 aliphatic carbocycles. The number of piperidine rings is 1. The summed E-state index contributed by atoms with van der Waals surface area (Å²) in [6.07, 6.45) is 3.78. The lowest BCUT2D eigenvalue weighted by atomic mass is 10.0. The zero-order valence-electron chi connectivity index (χ0n) is 16.3. The summed E-state index contributed by atoms with van der Waals surface area (Å²) in [5, 5.41) is 5.41. The van der Waals surface area contributed by atoms with Gasteiger partial charge in [-0.15, -0.1) is 0 Å². The first-order chi connectivity index (χ1) is 13.7. The molecular formula is C22H27N5O. The van der Waals surface area contributed by atoms with Gasteiger partial charge in [-0.25, -0.2) is 4.98 Å². The van der Waals surface area contributed by atoms with E-state index < -0.39 is 0 Å². The van der Waals surface area contributed by atoms with Crippen molar-refractivity contribution in [3.63, 3.8) is 0 Å². The number of benzene rings is 2. The molecule has 1 unspecified atom stereocenters. The fraction of sp³-hybridized carbons (Fsp3) is 0.364. The Hall–Kier alpha value is -2.86. The molecule has 1 atom stereocenters. The van der Waals surface area contributed by atoms with Crippen LogP contribution in [-0.4, -0.2) is 34.6 Å². The standard InChI is InChI=1S/C22H27N5O/c1-2-27-20(14-25-22(27)26-12-6-10-18(23)15-26)21(28)24-13-17-9-5-8-16-7-3-4-11-19(16)17/h3-5,7-9,11,14,18H,2,6,10,12-13,15,23H2,1H3,(H,24,28). The maximum absolute atomic E-state index is 12.9. The molecule has 2 aromatic carbocycles. The van der Waals surface area contributed by atoms with E-state index in [0.29, 0.717) is 18.8 Å². The molecule has 0 spiro atoms. The summed E-state index contributed by atoms with van der Waals surface area (Å²) in [5.41, 5.74) is 7.82. The summed E-state index contributed by atoms with van der Waals surface area (Å²) < 4.78 is 1.98. The average molecular weight is 377 g/mol. The highest BCUT2D eigenvalue weighted by atomic mass is 16.2. The van der Waals surface area contributed by atoms with Crippen LogP contribution < -0.4 is 16.0 Å². The van der Waals surface area contributed by atoms with Crippen LogP contribution in [0.3, 0.4) is 0 Å². The van der Waals surface area contributed by atoms with Crippen LogP contribution >= 0.6 is 0 Å². The first kappa shape index (κ1) is 18.5. The lowest BCUT2D eigenvalue weighted by Crippen LogP contribution is -2.44. The lowest BCUT2D eigenvalue weighted by molar-refractivity contribution is 0.0942. The monoisotopic (exact) mass is 377 g/mol. The average Bonchev–Trinajstić information content (AvgIpc) is 3.16. The molecule has 2 heterocycles. The molecule has 1 aliphatic rings. The van der Waals surface area contributed by atoms with Gasteiger partial charge in [-0.3, -0.25) is 4.79 Å². The third-order valence-electron chi connectivity index (χ3n) is 5.44. The van der Waals surface area contributed by atoms with E-state index in [1.54, 1.807) is 6.20 Å². The minimum Gasteiger partial charge on any atom is -0.347 e. The quantitative estimate of drug-likeness (QED) is 0.717. The second-order valence-corrected chi connectivity index (χ2v) is 7.36. The predicted molar refractivity (Wildman–Crippen MR) is 112 cm³/mol. The first-order valence-electron chi connectivity index (χ1n) is 9.98. The van der Waals surface area contributed by atoms with Gasteiger partial charge in [0.15, 0.2) is 0 Å².